The van der Waals surface area contributed by atoms with E-state index in [1.165, 1.54) is 0 Å². The minimum Gasteiger partial charge on any atom is -0.394 e. The van der Waals surface area contributed by atoms with Gasteiger partial charge >= 0.3 is 0 Å². The van der Waals surface area contributed by atoms with E-state index in [2.05, 4.69) is 19.8 Å². The van der Waals surface area contributed by atoms with Gasteiger partial charge in [0.1, 0.15) is 18.0 Å². The quantitative estimate of drug-likeness (QED) is 0.846. The second kappa shape index (κ2) is 5.71. The molecule has 3 heterocycles. The molecule has 0 saturated carbocycles. The Morgan fingerprint density at radius 2 is 2.00 bits per heavy atom. The number of nitrogens with zero attached hydrogens (tertiary/aromatic N) is 4. The van der Waals surface area contributed by atoms with Gasteiger partial charge < -0.3 is 19.6 Å². The summed E-state index contributed by atoms with van der Waals surface area (Å²) in [5.41, 5.74) is 0. The molecule has 1 N–H and O–H groups in total. The first-order valence-corrected chi connectivity index (χ1v) is 6.91. The van der Waals surface area contributed by atoms with E-state index in [0.29, 0.717) is 0 Å². The first-order chi connectivity index (χ1) is 9.38. The summed E-state index contributed by atoms with van der Waals surface area (Å²) < 4.78 is 5.36. The highest BCUT2D eigenvalue weighted by molar-refractivity contribution is 5.51. The molecule has 0 aromatic carbocycles. The Kier molecular flexibility index (Phi) is 3.79. The molecule has 0 bridgehead atoms. The van der Waals surface area contributed by atoms with E-state index >= 15 is 0 Å². The second-order valence-electron chi connectivity index (χ2n) is 5.01. The lowest BCUT2D eigenvalue weighted by Gasteiger charge is -2.29. The van der Waals surface area contributed by atoms with E-state index in [1.807, 2.05) is 6.07 Å². The summed E-state index contributed by atoms with van der Waals surface area (Å²) in [5, 5.41) is 9.40. The third-order valence-electron chi connectivity index (χ3n) is 3.86. The molecule has 1 aromatic heterocycles. The highest BCUT2D eigenvalue weighted by atomic mass is 16.5. The van der Waals surface area contributed by atoms with Crippen LogP contribution in [0, 0.1) is 0 Å². The van der Waals surface area contributed by atoms with Crippen LogP contribution in [0.1, 0.15) is 12.8 Å². The van der Waals surface area contributed by atoms with Crippen LogP contribution in [0.2, 0.25) is 0 Å². The molecule has 6 nitrogen and oxygen atoms in total. The van der Waals surface area contributed by atoms with Crippen LogP contribution in [0.5, 0.6) is 0 Å². The third kappa shape index (κ3) is 2.64. The first-order valence-electron chi connectivity index (χ1n) is 6.91. The molecule has 2 aliphatic heterocycles. The highest BCUT2D eigenvalue weighted by Gasteiger charge is 2.25. The van der Waals surface area contributed by atoms with Gasteiger partial charge in [-0.1, -0.05) is 0 Å². The number of aromatic nitrogens is 2. The zero-order valence-electron chi connectivity index (χ0n) is 11.0. The van der Waals surface area contributed by atoms with Crippen molar-refractivity contribution in [2.75, 3.05) is 49.3 Å². The zero-order valence-corrected chi connectivity index (χ0v) is 11.0. The summed E-state index contributed by atoms with van der Waals surface area (Å²) in [7, 11) is 0. The van der Waals surface area contributed by atoms with Crippen molar-refractivity contribution >= 4 is 11.6 Å². The standard InChI is InChI=1S/C13H20N4O2/c18-9-11-2-1-3-17(11)13-8-12(14-10-15-13)16-4-6-19-7-5-16/h8,10-11,18H,1-7,9H2. The van der Waals surface area contributed by atoms with Gasteiger partial charge in [0.25, 0.3) is 0 Å². The van der Waals surface area contributed by atoms with Crippen LogP contribution in [-0.2, 0) is 4.74 Å². The lowest BCUT2D eigenvalue weighted by atomic mass is 10.2. The molecule has 0 amide bonds. The average molecular weight is 264 g/mol. The van der Waals surface area contributed by atoms with Gasteiger partial charge in [0.05, 0.1) is 25.9 Å². The fraction of sp³-hybridized carbons (Fsp3) is 0.692. The second-order valence-corrected chi connectivity index (χ2v) is 5.01. The summed E-state index contributed by atoms with van der Waals surface area (Å²) in [5.74, 6) is 1.88. The smallest absolute Gasteiger partial charge is 0.134 e. The molecule has 2 saturated heterocycles. The van der Waals surface area contributed by atoms with Gasteiger partial charge in [-0.05, 0) is 12.8 Å². The van der Waals surface area contributed by atoms with E-state index in [0.717, 1.165) is 57.3 Å². The summed E-state index contributed by atoms with van der Waals surface area (Å²) in [6, 6.07) is 2.23. The van der Waals surface area contributed by atoms with Crippen molar-refractivity contribution in [3.8, 4) is 0 Å². The molecule has 1 unspecified atom stereocenters. The largest absolute Gasteiger partial charge is 0.394 e. The summed E-state index contributed by atoms with van der Waals surface area (Å²) >= 11 is 0. The number of aliphatic hydroxyl groups excluding tert-OH is 1. The van der Waals surface area contributed by atoms with Crippen molar-refractivity contribution in [1.29, 1.82) is 0 Å². The Hall–Kier alpha value is -1.40. The van der Waals surface area contributed by atoms with Gasteiger partial charge in [-0.2, -0.15) is 0 Å². The van der Waals surface area contributed by atoms with Gasteiger partial charge in [-0.15, -0.1) is 0 Å². The summed E-state index contributed by atoms with van der Waals surface area (Å²) in [6.07, 6.45) is 3.77. The van der Waals surface area contributed by atoms with Gasteiger partial charge in [0, 0.05) is 25.7 Å². The maximum absolute atomic E-state index is 9.40. The summed E-state index contributed by atoms with van der Waals surface area (Å²) in [4.78, 5) is 13.1. The minimum atomic E-state index is 0.191. The molecular weight excluding hydrogens is 244 g/mol. The van der Waals surface area contributed by atoms with Crippen molar-refractivity contribution in [2.45, 2.75) is 18.9 Å². The monoisotopic (exact) mass is 264 g/mol. The Bertz CT molecular complexity index is 423. The van der Waals surface area contributed by atoms with E-state index < -0.39 is 0 Å². The molecule has 19 heavy (non-hydrogen) atoms. The Labute approximate surface area is 113 Å². The predicted molar refractivity (Wildman–Crippen MR) is 72.5 cm³/mol. The van der Waals surface area contributed by atoms with Crippen LogP contribution in [0.3, 0.4) is 0 Å². The fourth-order valence-electron chi connectivity index (χ4n) is 2.79. The number of aliphatic hydroxyl groups is 1. The number of rotatable bonds is 3. The van der Waals surface area contributed by atoms with Crippen molar-refractivity contribution in [2.24, 2.45) is 0 Å². The van der Waals surface area contributed by atoms with Gasteiger partial charge in [-0.3, -0.25) is 0 Å². The lowest BCUT2D eigenvalue weighted by Crippen LogP contribution is -2.37. The third-order valence-corrected chi connectivity index (χ3v) is 3.86. The molecule has 2 aliphatic rings. The van der Waals surface area contributed by atoms with Crippen LogP contribution in [0.25, 0.3) is 0 Å². The maximum Gasteiger partial charge on any atom is 0.134 e. The van der Waals surface area contributed by atoms with Gasteiger partial charge in [0.2, 0.25) is 0 Å². The maximum atomic E-state index is 9.40. The number of morpholine rings is 1. The Balaban J connectivity index is 1.79. The Morgan fingerprint density at radius 1 is 1.21 bits per heavy atom. The lowest BCUT2D eigenvalue weighted by molar-refractivity contribution is 0.122. The minimum absolute atomic E-state index is 0.191. The average Bonchev–Trinajstić information content (AvgIpc) is 2.97. The SMILES string of the molecule is OCC1CCCN1c1cc(N2CCOCC2)ncn1. The molecule has 0 radical (unpaired) electrons. The number of ether oxygens (including phenoxy) is 1. The number of hydrogen-bond acceptors (Lipinski definition) is 6. The molecule has 104 valence electrons. The molecule has 1 atom stereocenters. The molecule has 1 aromatic rings. The Morgan fingerprint density at radius 3 is 2.79 bits per heavy atom. The van der Waals surface area contributed by atoms with Crippen molar-refractivity contribution in [1.82, 2.24) is 9.97 Å². The van der Waals surface area contributed by atoms with Crippen molar-refractivity contribution in [3.63, 3.8) is 0 Å². The van der Waals surface area contributed by atoms with Crippen LogP contribution >= 0.6 is 0 Å². The van der Waals surface area contributed by atoms with E-state index in [9.17, 15) is 5.11 Å². The molecular formula is C13H20N4O2. The molecule has 2 fully saturated rings. The summed E-state index contributed by atoms with van der Waals surface area (Å²) in [6.45, 7) is 4.41. The van der Waals surface area contributed by atoms with Crippen LogP contribution < -0.4 is 9.80 Å². The number of anilines is 2. The molecule has 6 heteroatoms. The van der Waals surface area contributed by atoms with Gasteiger partial charge in [-0.25, -0.2) is 9.97 Å². The van der Waals surface area contributed by atoms with Crippen molar-refractivity contribution < 1.29 is 9.84 Å². The highest BCUT2D eigenvalue weighted by Crippen LogP contribution is 2.25. The zero-order chi connectivity index (χ0) is 13.1. The van der Waals surface area contributed by atoms with E-state index in [-0.39, 0.29) is 12.6 Å². The van der Waals surface area contributed by atoms with Crippen LogP contribution in [0.15, 0.2) is 12.4 Å². The molecule has 3 rings (SSSR count). The van der Waals surface area contributed by atoms with Crippen molar-refractivity contribution in [3.05, 3.63) is 12.4 Å². The van der Waals surface area contributed by atoms with Crippen LogP contribution in [-0.4, -0.2) is 60.6 Å². The normalized spacial score (nSPS) is 23.9. The molecule has 0 aliphatic carbocycles. The van der Waals surface area contributed by atoms with Crippen LogP contribution in [0.4, 0.5) is 11.6 Å². The van der Waals surface area contributed by atoms with E-state index in [1.54, 1.807) is 6.33 Å². The fourth-order valence-corrected chi connectivity index (χ4v) is 2.79. The topological polar surface area (TPSA) is 61.7 Å². The first kappa shape index (κ1) is 12.6. The van der Waals surface area contributed by atoms with E-state index in [4.69, 9.17) is 4.74 Å². The van der Waals surface area contributed by atoms with Gasteiger partial charge in [0.15, 0.2) is 0 Å². The number of hydrogen-bond donors (Lipinski definition) is 1. The molecule has 0 spiro atoms. The predicted octanol–water partition coefficient (Wildman–Crippen LogP) is 0.274.